The number of hydrogen-bond donors (Lipinski definition) is 0. The van der Waals surface area contributed by atoms with Crippen molar-refractivity contribution in [2.75, 3.05) is 13.1 Å². The first-order valence-corrected chi connectivity index (χ1v) is 9.64. The van der Waals surface area contributed by atoms with E-state index in [9.17, 15) is 9.59 Å². The molecule has 1 aromatic rings. The smallest absolute Gasteiger partial charge is 0.226 e. The number of fused-ring (bicyclic) bond motifs is 2. The van der Waals surface area contributed by atoms with Crippen LogP contribution in [0.15, 0.2) is 30.3 Å². The van der Waals surface area contributed by atoms with Gasteiger partial charge in [-0.3, -0.25) is 9.59 Å². The van der Waals surface area contributed by atoms with Crippen LogP contribution in [0.1, 0.15) is 55.3 Å². The number of carbonyl (C=O) groups excluding carboxylic acids is 2. The number of benzene rings is 1. The van der Waals surface area contributed by atoms with Gasteiger partial charge in [-0.15, -0.1) is 0 Å². The summed E-state index contributed by atoms with van der Waals surface area (Å²) in [6.07, 6.45) is 8.02. The second-order valence-electron chi connectivity index (χ2n) is 7.85. The first kappa shape index (κ1) is 15.9. The summed E-state index contributed by atoms with van der Waals surface area (Å²) in [6.45, 7) is 1.78. The van der Waals surface area contributed by atoms with E-state index >= 15 is 0 Å². The molecule has 3 heteroatoms. The van der Waals surface area contributed by atoms with Gasteiger partial charge in [0.25, 0.3) is 0 Å². The average Bonchev–Trinajstić information content (AvgIpc) is 3.13. The molecule has 24 heavy (non-hydrogen) atoms. The van der Waals surface area contributed by atoms with Crippen LogP contribution >= 0.6 is 0 Å². The van der Waals surface area contributed by atoms with Crippen molar-refractivity contribution in [3.63, 3.8) is 0 Å². The number of amides is 1. The minimum Gasteiger partial charge on any atom is -0.342 e. The molecule has 0 aromatic heterocycles. The molecule has 3 fully saturated rings. The van der Waals surface area contributed by atoms with E-state index in [1.807, 2.05) is 30.3 Å². The molecule has 2 bridgehead atoms. The molecule has 3 aliphatic rings. The summed E-state index contributed by atoms with van der Waals surface area (Å²) in [5.74, 6) is 1.19. The first-order chi connectivity index (χ1) is 11.8. The van der Waals surface area contributed by atoms with Gasteiger partial charge in [0.1, 0.15) is 0 Å². The van der Waals surface area contributed by atoms with Crippen molar-refractivity contribution in [2.24, 2.45) is 23.7 Å². The average molecular weight is 325 g/mol. The molecule has 4 rings (SSSR count). The Bertz CT molecular complexity index is 604. The van der Waals surface area contributed by atoms with Gasteiger partial charge >= 0.3 is 0 Å². The summed E-state index contributed by atoms with van der Waals surface area (Å²) in [5, 5.41) is 0. The van der Waals surface area contributed by atoms with Crippen LogP contribution in [0.2, 0.25) is 0 Å². The lowest BCUT2D eigenvalue weighted by Crippen LogP contribution is -2.44. The lowest BCUT2D eigenvalue weighted by Gasteiger charge is -2.33. The Balaban J connectivity index is 1.58. The summed E-state index contributed by atoms with van der Waals surface area (Å²) < 4.78 is 0. The monoisotopic (exact) mass is 325 g/mol. The topological polar surface area (TPSA) is 37.4 Å². The van der Waals surface area contributed by atoms with Crippen LogP contribution in [-0.4, -0.2) is 29.7 Å². The third-order valence-corrected chi connectivity index (χ3v) is 6.48. The van der Waals surface area contributed by atoms with Crippen molar-refractivity contribution < 1.29 is 9.59 Å². The first-order valence-electron chi connectivity index (χ1n) is 9.64. The molecule has 1 aromatic carbocycles. The maximum absolute atomic E-state index is 13.3. The molecule has 128 valence electrons. The molecule has 1 heterocycles. The van der Waals surface area contributed by atoms with E-state index in [4.69, 9.17) is 0 Å². The van der Waals surface area contributed by atoms with Crippen LogP contribution in [-0.2, 0) is 4.79 Å². The molecular weight excluding hydrogens is 298 g/mol. The van der Waals surface area contributed by atoms with Crippen LogP contribution in [0.3, 0.4) is 0 Å². The molecule has 1 aliphatic heterocycles. The van der Waals surface area contributed by atoms with E-state index in [0.717, 1.165) is 50.8 Å². The number of hydrogen-bond acceptors (Lipinski definition) is 2. The third kappa shape index (κ3) is 2.78. The third-order valence-electron chi connectivity index (χ3n) is 6.48. The van der Waals surface area contributed by atoms with Gasteiger partial charge in [0.15, 0.2) is 5.78 Å². The molecule has 0 radical (unpaired) electrons. The van der Waals surface area contributed by atoms with Crippen molar-refractivity contribution >= 4 is 11.7 Å². The van der Waals surface area contributed by atoms with Gasteiger partial charge in [0.05, 0.1) is 5.92 Å². The van der Waals surface area contributed by atoms with Gasteiger partial charge < -0.3 is 4.90 Å². The van der Waals surface area contributed by atoms with E-state index in [1.54, 1.807) is 0 Å². The van der Waals surface area contributed by atoms with Gasteiger partial charge in [0, 0.05) is 24.6 Å². The van der Waals surface area contributed by atoms with Crippen molar-refractivity contribution in [3.05, 3.63) is 35.9 Å². The van der Waals surface area contributed by atoms with E-state index in [0.29, 0.717) is 11.8 Å². The lowest BCUT2D eigenvalue weighted by atomic mass is 9.74. The number of Topliss-reactive ketones (excluding diaryl/α,β-unsaturated/α-hetero) is 1. The Morgan fingerprint density at radius 2 is 1.46 bits per heavy atom. The highest BCUT2D eigenvalue weighted by molar-refractivity contribution is 6.01. The van der Waals surface area contributed by atoms with Crippen LogP contribution in [0.5, 0.6) is 0 Å². The summed E-state index contributed by atoms with van der Waals surface area (Å²) >= 11 is 0. The zero-order valence-corrected chi connectivity index (χ0v) is 14.3. The normalized spacial score (nSPS) is 32.6. The number of nitrogens with zero attached hydrogens (tertiary/aromatic N) is 1. The standard InChI is InChI=1S/C21H27NO2/c23-20(15-8-4-3-5-9-15)18-16-10-11-17(14-16)19(18)21(24)22-12-6-1-2-7-13-22/h3-5,8-9,16-19H,1-2,6-7,10-14H2/t16-,17-,18+,19-/m0/s1. The maximum Gasteiger partial charge on any atom is 0.226 e. The molecule has 0 spiro atoms. The van der Waals surface area contributed by atoms with Crippen LogP contribution in [0.25, 0.3) is 0 Å². The van der Waals surface area contributed by atoms with Gasteiger partial charge in [0.2, 0.25) is 5.91 Å². The fraction of sp³-hybridized carbons (Fsp3) is 0.619. The lowest BCUT2D eigenvalue weighted by molar-refractivity contribution is -0.138. The molecule has 2 aliphatic carbocycles. The van der Waals surface area contributed by atoms with Crippen LogP contribution in [0.4, 0.5) is 0 Å². The van der Waals surface area contributed by atoms with E-state index in [1.165, 1.54) is 12.8 Å². The molecule has 0 N–H and O–H groups in total. The second kappa shape index (κ2) is 6.70. The van der Waals surface area contributed by atoms with Crippen molar-refractivity contribution in [2.45, 2.75) is 44.9 Å². The van der Waals surface area contributed by atoms with Crippen molar-refractivity contribution in [1.29, 1.82) is 0 Å². The molecule has 1 saturated heterocycles. The summed E-state index contributed by atoms with van der Waals surface area (Å²) in [7, 11) is 0. The molecular formula is C21H27NO2. The van der Waals surface area contributed by atoms with Gasteiger partial charge in [-0.2, -0.15) is 0 Å². The zero-order chi connectivity index (χ0) is 16.5. The number of rotatable bonds is 3. The Hall–Kier alpha value is -1.64. The molecule has 0 unspecified atom stereocenters. The summed E-state index contributed by atoms with van der Waals surface area (Å²) in [4.78, 5) is 28.5. The largest absolute Gasteiger partial charge is 0.342 e. The molecule has 3 nitrogen and oxygen atoms in total. The van der Waals surface area contributed by atoms with E-state index in [-0.39, 0.29) is 23.5 Å². The SMILES string of the molecule is O=C(c1ccccc1)[C@@H]1[C@H]2CC[C@@H](C2)[C@@H]1C(=O)N1CCCCCC1. The fourth-order valence-corrected chi connectivity index (χ4v) is 5.32. The quantitative estimate of drug-likeness (QED) is 0.790. The Morgan fingerprint density at radius 3 is 2.12 bits per heavy atom. The highest BCUT2D eigenvalue weighted by Gasteiger charge is 2.54. The van der Waals surface area contributed by atoms with E-state index in [2.05, 4.69) is 4.90 Å². The van der Waals surface area contributed by atoms with Gasteiger partial charge in [-0.1, -0.05) is 43.2 Å². The zero-order valence-electron chi connectivity index (χ0n) is 14.3. The van der Waals surface area contributed by atoms with E-state index < -0.39 is 0 Å². The Kier molecular flexibility index (Phi) is 4.43. The molecule has 4 atom stereocenters. The highest BCUT2D eigenvalue weighted by Crippen LogP contribution is 2.53. The predicted octanol–water partition coefficient (Wildman–Crippen LogP) is 3.93. The number of carbonyl (C=O) groups is 2. The minimum atomic E-state index is -0.0816. The molecule has 2 saturated carbocycles. The van der Waals surface area contributed by atoms with Gasteiger partial charge in [-0.25, -0.2) is 0 Å². The summed E-state index contributed by atoms with van der Waals surface area (Å²) in [5.41, 5.74) is 0.781. The summed E-state index contributed by atoms with van der Waals surface area (Å²) in [6, 6.07) is 9.60. The van der Waals surface area contributed by atoms with Crippen LogP contribution in [0, 0.1) is 23.7 Å². The van der Waals surface area contributed by atoms with Crippen molar-refractivity contribution in [3.8, 4) is 0 Å². The molecule has 1 amide bonds. The minimum absolute atomic E-state index is 0.0606. The highest BCUT2D eigenvalue weighted by atomic mass is 16.2. The Labute approximate surface area is 144 Å². The Morgan fingerprint density at radius 1 is 0.833 bits per heavy atom. The number of likely N-dealkylation sites (tertiary alicyclic amines) is 1. The number of ketones is 1. The van der Waals surface area contributed by atoms with Crippen LogP contribution < -0.4 is 0 Å². The second-order valence-corrected chi connectivity index (χ2v) is 7.85. The predicted molar refractivity (Wildman–Crippen MR) is 93.6 cm³/mol. The van der Waals surface area contributed by atoms with Crippen molar-refractivity contribution in [1.82, 2.24) is 4.90 Å². The fourth-order valence-electron chi connectivity index (χ4n) is 5.32. The maximum atomic E-state index is 13.3. The van der Waals surface area contributed by atoms with Gasteiger partial charge in [-0.05, 0) is 43.9 Å².